The Balaban J connectivity index is 1.90. The first-order valence-corrected chi connectivity index (χ1v) is 8.75. The summed E-state index contributed by atoms with van der Waals surface area (Å²) in [7, 11) is 3.17. The zero-order valence-electron chi connectivity index (χ0n) is 15.5. The van der Waals surface area contributed by atoms with E-state index in [1.54, 1.807) is 7.11 Å². The normalized spacial score (nSPS) is 13.2. The van der Waals surface area contributed by atoms with E-state index in [4.69, 9.17) is 4.74 Å². The number of methoxy groups -OCH3 is 1. The lowest BCUT2D eigenvalue weighted by atomic mass is 9.96. The third-order valence-corrected chi connectivity index (χ3v) is 4.71. The average Bonchev–Trinajstić information content (AvgIpc) is 2.66. The zero-order chi connectivity index (χ0) is 18.7. The summed E-state index contributed by atoms with van der Waals surface area (Å²) in [5.74, 6) is 0.855. The van der Waals surface area contributed by atoms with Crippen molar-refractivity contribution in [1.29, 1.82) is 0 Å². The second-order valence-electron chi connectivity index (χ2n) is 6.51. The summed E-state index contributed by atoms with van der Waals surface area (Å²) >= 11 is 0. The van der Waals surface area contributed by atoms with Gasteiger partial charge < -0.3 is 15.0 Å². The Labute approximate surface area is 153 Å². The van der Waals surface area contributed by atoms with E-state index in [9.17, 15) is 10.0 Å². The first-order chi connectivity index (χ1) is 12.5. The van der Waals surface area contributed by atoms with Crippen molar-refractivity contribution < 1.29 is 14.7 Å². The van der Waals surface area contributed by atoms with Gasteiger partial charge in [-0.05, 0) is 60.7 Å². The molecule has 1 heterocycles. The van der Waals surface area contributed by atoms with Gasteiger partial charge in [0, 0.05) is 25.8 Å². The first kappa shape index (κ1) is 18.1. The summed E-state index contributed by atoms with van der Waals surface area (Å²) in [6, 6.07) is 11.3. The van der Waals surface area contributed by atoms with Gasteiger partial charge in [0.1, 0.15) is 5.75 Å². The number of aryl methyl sites for hydroxylation is 2. The largest absolute Gasteiger partial charge is 0.497 e. The van der Waals surface area contributed by atoms with Crippen molar-refractivity contribution >= 4 is 17.4 Å². The number of carbonyl (C=O) groups excluding carboxylic acids is 1. The topological polar surface area (TPSA) is 65.0 Å². The van der Waals surface area contributed by atoms with Gasteiger partial charge in [-0.1, -0.05) is 12.1 Å². The number of hydrogen-bond donors (Lipinski definition) is 2. The van der Waals surface area contributed by atoms with Gasteiger partial charge in [0.15, 0.2) is 0 Å². The van der Waals surface area contributed by atoms with Crippen LogP contribution in [-0.2, 0) is 13.0 Å². The smallest absolute Gasteiger partial charge is 0.345 e. The van der Waals surface area contributed by atoms with Crippen LogP contribution in [0.15, 0.2) is 36.4 Å². The second kappa shape index (κ2) is 7.66. The highest BCUT2D eigenvalue weighted by molar-refractivity contribution is 5.90. The molecule has 6 heteroatoms. The van der Waals surface area contributed by atoms with Crippen molar-refractivity contribution in [3.63, 3.8) is 0 Å². The summed E-state index contributed by atoms with van der Waals surface area (Å²) in [5.41, 5.74) is 5.06. The fourth-order valence-electron chi connectivity index (χ4n) is 3.54. The predicted molar refractivity (Wildman–Crippen MR) is 102 cm³/mol. The number of fused-ring (bicyclic) bond motifs is 1. The van der Waals surface area contributed by atoms with Crippen molar-refractivity contribution in [3.8, 4) is 5.75 Å². The Morgan fingerprint density at radius 3 is 2.88 bits per heavy atom. The molecule has 0 aromatic heterocycles. The number of carbonyl (C=O) groups is 1. The van der Waals surface area contributed by atoms with Gasteiger partial charge in [-0.15, -0.1) is 0 Å². The molecule has 0 saturated heterocycles. The van der Waals surface area contributed by atoms with Crippen molar-refractivity contribution in [2.24, 2.45) is 0 Å². The molecular formula is C20H25N3O3. The highest BCUT2D eigenvalue weighted by Crippen LogP contribution is 2.35. The second-order valence-corrected chi connectivity index (χ2v) is 6.51. The minimum Gasteiger partial charge on any atom is -0.497 e. The van der Waals surface area contributed by atoms with E-state index in [-0.39, 0.29) is 0 Å². The van der Waals surface area contributed by atoms with Gasteiger partial charge in [-0.2, -0.15) is 5.06 Å². The van der Waals surface area contributed by atoms with Crippen LogP contribution >= 0.6 is 0 Å². The Hall–Kier alpha value is -2.73. The molecule has 0 aliphatic carbocycles. The number of nitrogens with one attached hydrogen (secondary N) is 1. The number of amides is 2. The zero-order valence-corrected chi connectivity index (χ0v) is 15.5. The number of ether oxygens (including phenoxy) is 1. The van der Waals surface area contributed by atoms with Gasteiger partial charge in [-0.25, -0.2) is 4.79 Å². The van der Waals surface area contributed by atoms with E-state index in [0.717, 1.165) is 42.8 Å². The number of urea groups is 1. The minimum absolute atomic E-state index is 0.490. The van der Waals surface area contributed by atoms with Crippen LogP contribution in [0.1, 0.15) is 23.1 Å². The maximum atomic E-state index is 11.7. The van der Waals surface area contributed by atoms with E-state index in [0.29, 0.717) is 10.8 Å². The summed E-state index contributed by atoms with van der Waals surface area (Å²) in [5, 5.41) is 13.2. The Morgan fingerprint density at radius 1 is 1.35 bits per heavy atom. The first-order valence-electron chi connectivity index (χ1n) is 8.75. The molecule has 2 aromatic carbocycles. The van der Waals surface area contributed by atoms with Crippen molar-refractivity contribution in [2.45, 2.75) is 26.3 Å². The number of benzene rings is 2. The van der Waals surface area contributed by atoms with E-state index < -0.39 is 6.03 Å². The number of hydroxylamine groups is 1. The Kier molecular flexibility index (Phi) is 5.32. The molecule has 0 fully saturated rings. The molecule has 1 aliphatic rings. The van der Waals surface area contributed by atoms with Gasteiger partial charge in [0.05, 0.1) is 12.8 Å². The number of anilines is 2. The quantitative estimate of drug-likeness (QED) is 0.651. The summed E-state index contributed by atoms with van der Waals surface area (Å²) in [6.45, 7) is 3.79. The maximum Gasteiger partial charge on any atom is 0.345 e. The van der Waals surface area contributed by atoms with Gasteiger partial charge in [-0.3, -0.25) is 5.21 Å². The van der Waals surface area contributed by atoms with Crippen LogP contribution in [0.5, 0.6) is 5.75 Å². The molecule has 0 radical (unpaired) electrons. The highest BCUT2D eigenvalue weighted by Gasteiger charge is 2.22. The van der Waals surface area contributed by atoms with Crippen LogP contribution in [0.4, 0.5) is 16.2 Å². The molecule has 2 amide bonds. The van der Waals surface area contributed by atoms with Crippen LogP contribution in [0.3, 0.4) is 0 Å². The third-order valence-electron chi connectivity index (χ3n) is 4.71. The molecule has 26 heavy (non-hydrogen) atoms. The number of nitrogens with zero attached hydrogens (tertiary/aromatic N) is 2. The van der Waals surface area contributed by atoms with E-state index in [2.05, 4.69) is 22.3 Å². The average molecular weight is 355 g/mol. The number of hydrogen-bond acceptors (Lipinski definition) is 4. The molecule has 0 unspecified atom stereocenters. The van der Waals surface area contributed by atoms with Crippen LogP contribution in [-0.4, -0.2) is 31.9 Å². The van der Waals surface area contributed by atoms with Crippen molar-refractivity contribution in [1.82, 2.24) is 5.32 Å². The SMILES string of the molecule is CNC(=O)N(O)c1cc(C)c2c(c1)CCCN2Cc1cccc(OC)c1. The maximum absolute atomic E-state index is 11.7. The van der Waals surface area contributed by atoms with Crippen LogP contribution in [0.2, 0.25) is 0 Å². The van der Waals surface area contributed by atoms with Crippen molar-refractivity contribution in [2.75, 3.05) is 30.7 Å². The summed E-state index contributed by atoms with van der Waals surface area (Å²) in [4.78, 5) is 14.1. The fourth-order valence-corrected chi connectivity index (χ4v) is 3.54. The predicted octanol–water partition coefficient (Wildman–Crippen LogP) is 3.49. The molecule has 1 aliphatic heterocycles. The molecule has 0 bridgehead atoms. The van der Waals surface area contributed by atoms with Gasteiger partial charge in [0.25, 0.3) is 0 Å². The molecule has 6 nitrogen and oxygen atoms in total. The lowest BCUT2D eigenvalue weighted by Crippen LogP contribution is -2.36. The van der Waals surface area contributed by atoms with Crippen molar-refractivity contribution in [3.05, 3.63) is 53.1 Å². The number of rotatable bonds is 4. The van der Waals surface area contributed by atoms with Gasteiger partial charge in [0.2, 0.25) is 0 Å². The molecule has 2 N–H and O–H groups in total. The third kappa shape index (κ3) is 3.60. The molecule has 2 aromatic rings. The van der Waals surface area contributed by atoms with E-state index in [1.165, 1.54) is 18.3 Å². The fraction of sp³-hybridized carbons (Fsp3) is 0.350. The van der Waals surface area contributed by atoms with Crippen LogP contribution in [0, 0.1) is 6.92 Å². The summed E-state index contributed by atoms with van der Waals surface area (Å²) in [6.07, 6.45) is 1.96. The van der Waals surface area contributed by atoms with Gasteiger partial charge >= 0.3 is 6.03 Å². The molecule has 0 spiro atoms. The summed E-state index contributed by atoms with van der Waals surface area (Å²) < 4.78 is 5.32. The minimum atomic E-state index is -0.548. The Bertz CT molecular complexity index is 807. The lowest BCUT2D eigenvalue weighted by molar-refractivity contribution is 0.206. The molecule has 3 rings (SSSR count). The standard InChI is InChI=1S/C20H25N3O3/c1-14-10-17(23(25)20(24)21-2)12-16-7-5-9-22(19(14)16)13-15-6-4-8-18(11-15)26-3/h4,6,8,10-12,25H,5,7,9,13H2,1-3H3,(H,21,24). The monoisotopic (exact) mass is 355 g/mol. The molecular weight excluding hydrogens is 330 g/mol. The van der Waals surface area contributed by atoms with Crippen LogP contribution < -0.4 is 20.0 Å². The van der Waals surface area contributed by atoms with E-state index in [1.807, 2.05) is 31.2 Å². The lowest BCUT2D eigenvalue weighted by Gasteiger charge is -2.34. The van der Waals surface area contributed by atoms with Crippen LogP contribution in [0.25, 0.3) is 0 Å². The molecule has 0 atom stereocenters. The Morgan fingerprint density at radius 2 is 2.15 bits per heavy atom. The van der Waals surface area contributed by atoms with E-state index >= 15 is 0 Å². The highest BCUT2D eigenvalue weighted by atomic mass is 16.5. The molecule has 138 valence electrons. The molecule has 0 saturated carbocycles.